The summed E-state index contributed by atoms with van der Waals surface area (Å²) in [5.74, 6) is 0. The number of benzene rings is 1. The highest BCUT2D eigenvalue weighted by atomic mass is 35.5. The summed E-state index contributed by atoms with van der Waals surface area (Å²) in [6.07, 6.45) is 1.47. The number of fused-ring (bicyclic) bond motifs is 1. The molecule has 0 bridgehead atoms. The summed E-state index contributed by atoms with van der Waals surface area (Å²) in [7, 11) is 0. The third-order valence-electron chi connectivity index (χ3n) is 2.94. The third-order valence-corrected chi connectivity index (χ3v) is 4.36. The average Bonchev–Trinajstić information content (AvgIpc) is 2.82. The van der Waals surface area contributed by atoms with Crippen molar-refractivity contribution in [3.63, 3.8) is 0 Å². The molecule has 0 aliphatic rings. The summed E-state index contributed by atoms with van der Waals surface area (Å²) in [5.41, 5.74) is 0.696. The van der Waals surface area contributed by atoms with Gasteiger partial charge in [-0.1, -0.05) is 40.6 Å². The Labute approximate surface area is 134 Å². The maximum Gasteiger partial charge on any atom is 0.275 e. The minimum absolute atomic E-state index is 0.0777. The summed E-state index contributed by atoms with van der Waals surface area (Å²) < 4.78 is 1.27. The van der Waals surface area contributed by atoms with Crippen molar-refractivity contribution in [2.75, 3.05) is 5.32 Å². The molecule has 0 saturated carbocycles. The Bertz CT molecular complexity index is 861. The van der Waals surface area contributed by atoms with Crippen LogP contribution in [0.5, 0.6) is 0 Å². The van der Waals surface area contributed by atoms with Crippen molar-refractivity contribution in [2.45, 2.75) is 13.0 Å². The van der Waals surface area contributed by atoms with E-state index in [2.05, 4.69) is 15.4 Å². The van der Waals surface area contributed by atoms with Gasteiger partial charge < -0.3 is 5.32 Å². The minimum Gasteiger partial charge on any atom is -0.354 e. The first kappa shape index (κ1) is 14.3. The van der Waals surface area contributed by atoms with Crippen molar-refractivity contribution in [1.82, 2.24) is 14.6 Å². The molecule has 1 atom stereocenters. The average molecular weight is 341 g/mol. The van der Waals surface area contributed by atoms with Crippen LogP contribution in [-0.2, 0) is 0 Å². The third kappa shape index (κ3) is 2.88. The van der Waals surface area contributed by atoms with E-state index in [1.165, 1.54) is 28.1 Å². The lowest BCUT2D eigenvalue weighted by Crippen LogP contribution is -2.13. The molecular weight excluding hydrogens is 331 g/mol. The predicted molar refractivity (Wildman–Crippen MR) is 85.6 cm³/mol. The molecule has 2 heterocycles. The zero-order valence-corrected chi connectivity index (χ0v) is 13.2. The number of nitrogens with one attached hydrogen (secondary N) is 1. The zero-order chi connectivity index (χ0) is 15.0. The van der Waals surface area contributed by atoms with Crippen LogP contribution in [0.15, 0.2) is 35.3 Å². The fourth-order valence-corrected chi connectivity index (χ4v) is 3.35. The summed E-state index contributed by atoms with van der Waals surface area (Å²) in [4.78, 5) is 16.3. The monoisotopic (exact) mass is 340 g/mol. The molecule has 108 valence electrons. The molecule has 0 unspecified atom stereocenters. The van der Waals surface area contributed by atoms with Gasteiger partial charge in [-0.05, 0) is 24.6 Å². The van der Waals surface area contributed by atoms with Crippen LogP contribution in [0, 0.1) is 0 Å². The molecule has 1 N–H and O–H groups in total. The van der Waals surface area contributed by atoms with E-state index >= 15 is 0 Å². The first-order valence-electron chi connectivity index (χ1n) is 6.11. The van der Waals surface area contributed by atoms with Crippen LogP contribution in [0.3, 0.4) is 0 Å². The molecule has 0 amide bonds. The number of anilines is 1. The van der Waals surface area contributed by atoms with Gasteiger partial charge in [-0.25, -0.2) is 4.98 Å². The van der Waals surface area contributed by atoms with Crippen molar-refractivity contribution in [1.29, 1.82) is 0 Å². The van der Waals surface area contributed by atoms with E-state index < -0.39 is 0 Å². The van der Waals surface area contributed by atoms with Gasteiger partial charge in [0.1, 0.15) is 0 Å². The highest BCUT2D eigenvalue weighted by molar-refractivity contribution is 7.20. The fraction of sp³-hybridized carbons (Fsp3) is 0.154. The topological polar surface area (TPSA) is 59.3 Å². The van der Waals surface area contributed by atoms with E-state index in [4.69, 9.17) is 23.2 Å². The van der Waals surface area contributed by atoms with Gasteiger partial charge in [-0.2, -0.15) is 4.52 Å². The van der Waals surface area contributed by atoms with E-state index in [1.807, 2.05) is 13.0 Å². The number of rotatable bonds is 3. The molecule has 0 saturated heterocycles. The molecule has 0 aliphatic carbocycles. The molecule has 3 aromatic rings. The van der Waals surface area contributed by atoms with Crippen LogP contribution in [0.4, 0.5) is 5.13 Å². The van der Waals surface area contributed by atoms with E-state index in [9.17, 15) is 4.79 Å². The zero-order valence-electron chi connectivity index (χ0n) is 10.9. The van der Waals surface area contributed by atoms with Gasteiger partial charge in [0.25, 0.3) is 5.56 Å². The van der Waals surface area contributed by atoms with Crippen molar-refractivity contribution >= 4 is 44.6 Å². The predicted octanol–water partition coefficient (Wildman–Crippen LogP) is 3.63. The standard InChI is InChI=1S/C13H10Cl2N4OS/c1-7(9-3-2-8(14)6-10(9)15)17-12-18-19-11(20)4-5-16-13(19)21-12/h2-7H,1H3,(H,17,18)/t7-/m0/s1. The first-order chi connectivity index (χ1) is 10.0. The molecule has 21 heavy (non-hydrogen) atoms. The van der Waals surface area contributed by atoms with Gasteiger partial charge in [0.2, 0.25) is 10.1 Å². The minimum atomic E-state index is -0.207. The molecule has 3 rings (SSSR count). The molecule has 1 aromatic carbocycles. The normalized spacial score (nSPS) is 12.5. The second-order valence-corrected chi connectivity index (χ2v) is 6.22. The lowest BCUT2D eigenvalue weighted by atomic mass is 10.1. The number of nitrogens with zero attached hydrogens (tertiary/aromatic N) is 3. The number of hydrogen-bond donors (Lipinski definition) is 1. The van der Waals surface area contributed by atoms with Crippen LogP contribution in [0.1, 0.15) is 18.5 Å². The summed E-state index contributed by atoms with van der Waals surface area (Å²) in [5, 5.41) is 9.19. The molecular formula is C13H10Cl2N4OS. The molecule has 2 aromatic heterocycles. The Morgan fingerprint density at radius 3 is 2.86 bits per heavy atom. The molecule has 8 heteroatoms. The Morgan fingerprint density at radius 2 is 2.14 bits per heavy atom. The maximum absolute atomic E-state index is 11.6. The summed E-state index contributed by atoms with van der Waals surface area (Å²) >= 11 is 13.4. The first-order valence-corrected chi connectivity index (χ1v) is 7.68. The van der Waals surface area contributed by atoms with Gasteiger partial charge in [-0.3, -0.25) is 4.79 Å². The Hall–Kier alpha value is -1.63. The van der Waals surface area contributed by atoms with Gasteiger partial charge in [0.15, 0.2) is 0 Å². The van der Waals surface area contributed by atoms with E-state index in [0.29, 0.717) is 20.1 Å². The number of aromatic nitrogens is 3. The smallest absolute Gasteiger partial charge is 0.275 e. The summed E-state index contributed by atoms with van der Waals surface area (Å²) in [6.45, 7) is 1.96. The Balaban J connectivity index is 1.90. The van der Waals surface area contributed by atoms with E-state index in [1.54, 1.807) is 12.1 Å². The van der Waals surface area contributed by atoms with Crippen molar-refractivity contribution < 1.29 is 0 Å². The second-order valence-electron chi connectivity index (χ2n) is 4.42. The Kier molecular flexibility index (Phi) is 3.84. The second kappa shape index (κ2) is 5.63. The van der Waals surface area contributed by atoms with Crippen LogP contribution >= 0.6 is 34.5 Å². The maximum atomic E-state index is 11.6. The van der Waals surface area contributed by atoms with Gasteiger partial charge in [0, 0.05) is 22.3 Å². The van der Waals surface area contributed by atoms with Crippen LogP contribution in [0.25, 0.3) is 4.96 Å². The molecule has 0 spiro atoms. The van der Waals surface area contributed by atoms with Gasteiger partial charge in [0.05, 0.1) is 6.04 Å². The number of halogens is 2. The highest BCUT2D eigenvalue weighted by Gasteiger charge is 2.13. The quantitative estimate of drug-likeness (QED) is 0.790. The fourth-order valence-electron chi connectivity index (χ4n) is 1.92. The molecule has 5 nitrogen and oxygen atoms in total. The van der Waals surface area contributed by atoms with Crippen LogP contribution in [0.2, 0.25) is 10.0 Å². The number of hydrogen-bond acceptors (Lipinski definition) is 5. The highest BCUT2D eigenvalue weighted by Crippen LogP contribution is 2.29. The van der Waals surface area contributed by atoms with Crippen LogP contribution < -0.4 is 10.9 Å². The lowest BCUT2D eigenvalue weighted by molar-refractivity contribution is 0.848. The molecule has 0 fully saturated rings. The van der Waals surface area contributed by atoms with E-state index in [0.717, 1.165) is 5.56 Å². The van der Waals surface area contributed by atoms with Gasteiger partial charge >= 0.3 is 0 Å². The van der Waals surface area contributed by atoms with Gasteiger partial charge in [-0.15, -0.1) is 5.10 Å². The van der Waals surface area contributed by atoms with Crippen molar-refractivity contribution in [3.05, 3.63) is 56.4 Å². The SMILES string of the molecule is C[C@H](Nc1nn2c(=O)ccnc2s1)c1ccc(Cl)cc1Cl. The Morgan fingerprint density at radius 1 is 1.33 bits per heavy atom. The molecule has 0 aliphatic heterocycles. The molecule has 0 radical (unpaired) electrons. The van der Waals surface area contributed by atoms with Crippen LogP contribution in [-0.4, -0.2) is 14.6 Å². The lowest BCUT2D eigenvalue weighted by Gasteiger charge is -2.14. The summed E-state index contributed by atoms with van der Waals surface area (Å²) in [6, 6.07) is 6.63. The largest absolute Gasteiger partial charge is 0.354 e. The van der Waals surface area contributed by atoms with E-state index in [-0.39, 0.29) is 11.6 Å². The van der Waals surface area contributed by atoms with Crippen molar-refractivity contribution in [2.24, 2.45) is 0 Å². The van der Waals surface area contributed by atoms with Crippen molar-refractivity contribution in [3.8, 4) is 0 Å².